The van der Waals surface area contributed by atoms with Crippen LogP contribution in [0, 0.1) is 17.0 Å². The predicted molar refractivity (Wildman–Crippen MR) is 72.6 cm³/mol. The molecule has 18 heavy (non-hydrogen) atoms. The Morgan fingerprint density at radius 2 is 1.94 bits per heavy atom. The molecule has 0 atom stereocenters. The predicted octanol–water partition coefficient (Wildman–Crippen LogP) is 1.47. The van der Waals surface area contributed by atoms with Gasteiger partial charge in [-0.1, -0.05) is 0 Å². The van der Waals surface area contributed by atoms with Gasteiger partial charge in [-0.3, -0.25) is 10.1 Å². The van der Waals surface area contributed by atoms with Gasteiger partial charge in [0.2, 0.25) is 0 Å². The number of rotatable bonds is 2. The molecule has 1 fully saturated rings. The number of pyridine rings is 1. The molecule has 1 saturated heterocycles. The molecular weight excluding hydrogens is 256 g/mol. The molecule has 2 rings (SSSR count). The van der Waals surface area contributed by atoms with Crippen LogP contribution in [0.3, 0.4) is 0 Å². The fourth-order valence-corrected chi connectivity index (χ4v) is 2.00. The van der Waals surface area contributed by atoms with Crippen LogP contribution in [-0.4, -0.2) is 48.0 Å². The first-order chi connectivity index (χ1) is 8.08. The average Bonchev–Trinajstić information content (AvgIpc) is 2.30. The van der Waals surface area contributed by atoms with Gasteiger partial charge < -0.3 is 9.80 Å². The summed E-state index contributed by atoms with van der Waals surface area (Å²) >= 11 is 0. The van der Waals surface area contributed by atoms with Crippen molar-refractivity contribution in [3.05, 3.63) is 27.9 Å². The second-order valence-electron chi connectivity index (χ2n) is 4.38. The molecule has 7 heteroatoms. The third-order valence-electron chi connectivity index (χ3n) is 3.05. The molecule has 1 aromatic rings. The van der Waals surface area contributed by atoms with Crippen molar-refractivity contribution in [2.24, 2.45) is 0 Å². The molecule has 0 N–H and O–H groups in total. The lowest BCUT2D eigenvalue weighted by molar-refractivity contribution is -0.385. The highest BCUT2D eigenvalue weighted by molar-refractivity contribution is 5.85. The molecule has 0 saturated carbocycles. The number of hydrogen-bond acceptors (Lipinski definition) is 5. The van der Waals surface area contributed by atoms with E-state index in [9.17, 15) is 10.1 Å². The molecule has 0 spiro atoms. The van der Waals surface area contributed by atoms with Gasteiger partial charge in [0, 0.05) is 32.2 Å². The van der Waals surface area contributed by atoms with E-state index in [2.05, 4.69) is 21.8 Å². The summed E-state index contributed by atoms with van der Waals surface area (Å²) in [6.45, 7) is 5.70. The minimum atomic E-state index is -0.409. The van der Waals surface area contributed by atoms with Gasteiger partial charge in [0.1, 0.15) is 12.0 Å². The van der Waals surface area contributed by atoms with E-state index < -0.39 is 4.92 Å². The summed E-state index contributed by atoms with van der Waals surface area (Å²) in [5.74, 6) is 0.865. The average molecular weight is 273 g/mol. The number of anilines is 1. The van der Waals surface area contributed by atoms with Crippen molar-refractivity contribution in [2.45, 2.75) is 6.92 Å². The summed E-state index contributed by atoms with van der Waals surface area (Å²) in [7, 11) is 2.09. The van der Waals surface area contributed by atoms with Crippen LogP contribution >= 0.6 is 12.4 Å². The number of nitro groups is 1. The molecule has 1 aromatic heterocycles. The highest BCUT2D eigenvalue weighted by atomic mass is 35.5. The zero-order chi connectivity index (χ0) is 12.4. The standard InChI is InChI=1S/C11H16N4O2.ClH/c1-9-7-10(15(16)17)8-12-11(9)14-5-3-13(2)4-6-14;/h7-8H,3-6H2,1-2H3;1H. The third kappa shape index (κ3) is 3.08. The number of nitrogens with zero attached hydrogens (tertiary/aromatic N) is 4. The van der Waals surface area contributed by atoms with E-state index in [0.717, 1.165) is 37.6 Å². The molecule has 0 amide bonds. The van der Waals surface area contributed by atoms with E-state index in [0.29, 0.717) is 0 Å². The third-order valence-corrected chi connectivity index (χ3v) is 3.05. The molecule has 0 aromatic carbocycles. The van der Waals surface area contributed by atoms with Crippen molar-refractivity contribution < 1.29 is 4.92 Å². The lowest BCUT2D eigenvalue weighted by Crippen LogP contribution is -2.45. The van der Waals surface area contributed by atoms with Crippen LogP contribution in [0.15, 0.2) is 12.3 Å². The van der Waals surface area contributed by atoms with Crippen molar-refractivity contribution >= 4 is 23.9 Å². The lowest BCUT2D eigenvalue weighted by atomic mass is 10.2. The summed E-state index contributed by atoms with van der Waals surface area (Å²) in [6, 6.07) is 1.58. The van der Waals surface area contributed by atoms with E-state index in [1.54, 1.807) is 6.07 Å². The molecule has 0 unspecified atom stereocenters. The maximum Gasteiger partial charge on any atom is 0.287 e. The molecule has 0 radical (unpaired) electrons. The summed E-state index contributed by atoms with van der Waals surface area (Å²) in [6.07, 6.45) is 1.33. The number of piperazine rings is 1. The highest BCUT2D eigenvalue weighted by Crippen LogP contribution is 2.22. The second-order valence-corrected chi connectivity index (χ2v) is 4.38. The molecule has 0 bridgehead atoms. The molecule has 0 aliphatic carbocycles. The van der Waals surface area contributed by atoms with E-state index in [-0.39, 0.29) is 18.1 Å². The largest absolute Gasteiger partial charge is 0.354 e. The van der Waals surface area contributed by atoms with Crippen molar-refractivity contribution in [1.82, 2.24) is 9.88 Å². The Morgan fingerprint density at radius 3 is 2.44 bits per heavy atom. The van der Waals surface area contributed by atoms with Crippen LogP contribution in [0.1, 0.15) is 5.56 Å². The summed E-state index contributed by atoms with van der Waals surface area (Å²) in [4.78, 5) is 18.9. The lowest BCUT2D eigenvalue weighted by Gasteiger charge is -2.33. The van der Waals surface area contributed by atoms with Crippen LogP contribution in [0.25, 0.3) is 0 Å². The van der Waals surface area contributed by atoms with E-state index >= 15 is 0 Å². The Hall–Kier alpha value is -1.40. The Balaban J connectivity index is 0.00000162. The zero-order valence-corrected chi connectivity index (χ0v) is 11.3. The van der Waals surface area contributed by atoms with Gasteiger partial charge in [0.15, 0.2) is 0 Å². The van der Waals surface area contributed by atoms with Gasteiger partial charge in [-0.15, -0.1) is 12.4 Å². The number of likely N-dealkylation sites (N-methyl/N-ethyl adjacent to an activating group) is 1. The van der Waals surface area contributed by atoms with Crippen molar-refractivity contribution in [2.75, 3.05) is 38.1 Å². The normalized spacial score (nSPS) is 16.2. The minimum absolute atomic E-state index is 0. The molecule has 1 aliphatic rings. The Labute approximate surface area is 112 Å². The number of halogens is 1. The first kappa shape index (κ1) is 14.7. The van der Waals surface area contributed by atoms with Gasteiger partial charge >= 0.3 is 0 Å². The maximum atomic E-state index is 10.6. The first-order valence-electron chi connectivity index (χ1n) is 5.62. The van der Waals surface area contributed by atoms with Gasteiger partial charge in [0.25, 0.3) is 5.69 Å². The van der Waals surface area contributed by atoms with Crippen molar-refractivity contribution in [3.8, 4) is 0 Å². The monoisotopic (exact) mass is 272 g/mol. The van der Waals surface area contributed by atoms with Crippen LogP contribution in [-0.2, 0) is 0 Å². The van der Waals surface area contributed by atoms with Crippen LogP contribution in [0.5, 0.6) is 0 Å². The smallest absolute Gasteiger partial charge is 0.287 e. The van der Waals surface area contributed by atoms with Gasteiger partial charge in [0.05, 0.1) is 4.92 Å². The fraction of sp³-hybridized carbons (Fsp3) is 0.545. The molecule has 1 aliphatic heterocycles. The number of aryl methyl sites for hydroxylation is 1. The maximum absolute atomic E-state index is 10.6. The highest BCUT2D eigenvalue weighted by Gasteiger charge is 2.18. The topological polar surface area (TPSA) is 62.5 Å². The molecule has 2 heterocycles. The van der Waals surface area contributed by atoms with E-state index in [1.165, 1.54) is 6.20 Å². The van der Waals surface area contributed by atoms with Crippen LogP contribution < -0.4 is 4.90 Å². The summed E-state index contributed by atoms with van der Waals surface area (Å²) in [5, 5.41) is 10.6. The van der Waals surface area contributed by atoms with Gasteiger partial charge in [-0.05, 0) is 19.5 Å². The quantitative estimate of drug-likeness (QED) is 0.603. The number of aromatic nitrogens is 1. The zero-order valence-electron chi connectivity index (χ0n) is 10.5. The van der Waals surface area contributed by atoms with Crippen molar-refractivity contribution in [3.63, 3.8) is 0 Å². The molecule has 100 valence electrons. The molecule has 6 nitrogen and oxygen atoms in total. The van der Waals surface area contributed by atoms with Gasteiger partial charge in [-0.25, -0.2) is 4.98 Å². The first-order valence-corrected chi connectivity index (χ1v) is 5.62. The fourth-order valence-electron chi connectivity index (χ4n) is 2.00. The summed E-state index contributed by atoms with van der Waals surface area (Å²) < 4.78 is 0. The Kier molecular flexibility index (Phi) is 4.86. The minimum Gasteiger partial charge on any atom is -0.354 e. The SMILES string of the molecule is Cc1cc([N+](=O)[O-])cnc1N1CCN(C)CC1.Cl. The van der Waals surface area contributed by atoms with Gasteiger partial charge in [-0.2, -0.15) is 0 Å². The summed E-state index contributed by atoms with van der Waals surface area (Å²) in [5.41, 5.74) is 0.920. The Bertz CT molecular complexity index is 433. The second kappa shape index (κ2) is 5.97. The molecular formula is C11H17ClN4O2. The van der Waals surface area contributed by atoms with Crippen LogP contribution in [0.2, 0.25) is 0 Å². The van der Waals surface area contributed by atoms with E-state index in [4.69, 9.17) is 0 Å². The van der Waals surface area contributed by atoms with E-state index in [1.807, 2.05) is 6.92 Å². The number of hydrogen-bond donors (Lipinski definition) is 0. The Morgan fingerprint density at radius 1 is 1.33 bits per heavy atom. The van der Waals surface area contributed by atoms with Crippen LogP contribution in [0.4, 0.5) is 11.5 Å². The van der Waals surface area contributed by atoms with Crippen molar-refractivity contribution in [1.29, 1.82) is 0 Å².